The molecular weight excluding hydrogens is 390 g/mol. The minimum absolute atomic E-state index is 0.00134. The number of nitro benzene ring substituents is 1. The zero-order valence-electron chi connectivity index (χ0n) is 17.0. The minimum atomic E-state index is -0.640. The van der Waals surface area contributed by atoms with Crippen LogP contribution in [0.15, 0.2) is 40.9 Å². The van der Waals surface area contributed by atoms with Gasteiger partial charge in [0.05, 0.1) is 23.7 Å². The molecule has 3 aromatic rings. The van der Waals surface area contributed by atoms with Crippen molar-refractivity contribution in [1.82, 2.24) is 5.16 Å². The fourth-order valence-electron chi connectivity index (χ4n) is 2.78. The van der Waals surface area contributed by atoms with E-state index in [2.05, 4.69) is 10.5 Å². The average Bonchev–Trinajstić information content (AvgIpc) is 3.09. The summed E-state index contributed by atoms with van der Waals surface area (Å²) in [6, 6.07) is 9.83. The molecule has 9 nitrogen and oxygen atoms in total. The van der Waals surface area contributed by atoms with Gasteiger partial charge in [-0.1, -0.05) is 11.2 Å². The lowest BCUT2D eigenvalue weighted by molar-refractivity contribution is -0.384. The molecular formula is C21H21N3O6. The Bertz CT molecular complexity index is 1110. The van der Waals surface area contributed by atoms with Gasteiger partial charge in [0.1, 0.15) is 29.6 Å². The summed E-state index contributed by atoms with van der Waals surface area (Å²) in [6.07, 6.45) is 0. The van der Waals surface area contributed by atoms with Gasteiger partial charge in [0.2, 0.25) is 0 Å². The summed E-state index contributed by atoms with van der Waals surface area (Å²) in [5.41, 5.74) is 2.41. The number of carbonyl (C=O) groups is 1. The SMILES string of the molecule is COc1ccc(NC(=O)c2noc(C)c2COc2ccc(C)c(C)c2)c([N+](=O)[O-])c1. The third-order valence-corrected chi connectivity index (χ3v) is 4.71. The van der Waals surface area contributed by atoms with Gasteiger partial charge in [0.15, 0.2) is 5.69 Å². The van der Waals surface area contributed by atoms with Gasteiger partial charge in [-0.15, -0.1) is 0 Å². The Balaban J connectivity index is 1.81. The highest BCUT2D eigenvalue weighted by atomic mass is 16.6. The number of rotatable bonds is 7. The van der Waals surface area contributed by atoms with Crippen LogP contribution in [0.2, 0.25) is 0 Å². The molecule has 1 heterocycles. The van der Waals surface area contributed by atoms with Gasteiger partial charge in [-0.3, -0.25) is 14.9 Å². The van der Waals surface area contributed by atoms with Crippen LogP contribution in [0.25, 0.3) is 0 Å². The second-order valence-corrected chi connectivity index (χ2v) is 6.69. The number of carbonyl (C=O) groups excluding carboxylic acids is 1. The van der Waals surface area contributed by atoms with E-state index in [1.165, 1.54) is 25.3 Å². The number of methoxy groups -OCH3 is 1. The van der Waals surface area contributed by atoms with Crippen LogP contribution in [-0.2, 0) is 6.61 Å². The molecule has 0 radical (unpaired) electrons. The maximum Gasteiger partial charge on any atom is 0.296 e. The van der Waals surface area contributed by atoms with Crippen molar-refractivity contribution in [1.29, 1.82) is 0 Å². The maximum atomic E-state index is 12.7. The number of benzene rings is 2. The maximum absolute atomic E-state index is 12.7. The highest BCUT2D eigenvalue weighted by Crippen LogP contribution is 2.30. The first-order valence-electron chi connectivity index (χ1n) is 9.09. The normalized spacial score (nSPS) is 10.5. The van der Waals surface area contributed by atoms with Crippen LogP contribution in [0, 0.1) is 30.9 Å². The van der Waals surface area contributed by atoms with E-state index in [0.717, 1.165) is 11.1 Å². The van der Waals surface area contributed by atoms with Crippen LogP contribution >= 0.6 is 0 Å². The lowest BCUT2D eigenvalue weighted by Crippen LogP contribution is -2.16. The fraction of sp³-hybridized carbons (Fsp3) is 0.238. The largest absolute Gasteiger partial charge is 0.496 e. The number of nitro groups is 1. The molecule has 0 spiro atoms. The number of anilines is 1. The minimum Gasteiger partial charge on any atom is -0.496 e. The first-order valence-corrected chi connectivity index (χ1v) is 9.09. The van der Waals surface area contributed by atoms with Crippen molar-refractivity contribution in [3.63, 3.8) is 0 Å². The molecule has 0 unspecified atom stereocenters. The van der Waals surface area contributed by atoms with Crippen molar-refractivity contribution in [2.45, 2.75) is 27.4 Å². The monoisotopic (exact) mass is 411 g/mol. The number of amides is 1. The predicted octanol–water partition coefficient (Wildman–Crippen LogP) is 4.35. The summed E-state index contributed by atoms with van der Waals surface area (Å²) < 4.78 is 16.0. The topological polar surface area (TPSA) is 117 Å². The number of aromatic nitrogens is 1. The Hall–Kier alpha value is -3.88. The Morgan fingerprint density at radius 2 is 1.87 bits per heavy atom. The first-order chi connectivity index (χ1) is 14.3. The van der Waals surface area contributed by atoms with E-state index >= 15 is 0 Å². The van der Waals surface area contributed by atoms with E-state index in [9.17, 15) is 14.9 Å². The standard InChI is InChI=1S/C21H21N3O6/c1-12-5-6-16(9-13(12)2)29-11-17-14(3)30-23-20(17)21(25)22-18-8-7-15(28-4)10-19(18)24(26)27/h5-10H,11H2,1-4H3,(H,22,25). The van der Waals surface area contributed by atoms with Crippen molar-refractivity contribution in [3.05, 3.63) is 74.7 Å². The van der Waals surface area contributed by atoms with Gasteiger partial charge >= 0.3 is 0 Å². The third kappa shape index (κ3) is 4.40. The van der Waals surface area contributed by atoms with Crippen LogP contribution in [0.4, 0.5) is 11.4 Å². The summed E-state index contributed by atoms with van der Waals surface area (Å²) in [5, 5.41) is 17.7. The molecule has 0 aliphatic heterocycles. The Morgan fingerprint density at radius 1 is 1.13 bits per heavy atom. The number of nitrogens with zero attached hydrogens (tertiary/aromatic N) is 2. The predicted molar refractivity (Wildman–Crippen MR) is 109 cm³/mol. The lowest BCUT2D eigenvalue weighted by atomic mass is 10.1. The van der Waals surface area contributed by atoms with Crippen LogP contribution < -0.4 is 14.8 Å². The number of hydrogen-bond donors (Lipinski definition) is 1. The quantitative estimate of drug-likeness (QED) is 0.454. The molecule has 0 bridgehead atoms. The average molecular weight is 411 g/mol. The van der Waals surface area contributed by atoms with E-state index in [-0.39, 0.29) is 23.7 Å². The molecule has 30 heavy (non-hydrogen) atoms. The molecule has 2 aromatic carbocycles. The molecule has 3 rings (SSSR count). The van der Waals surface area contributed by atoms with Crippen LogP contribution in [0.3, 0.4) is 0 Å². The van der Waals surface area contributed by atoms with Gasteiger partial charge in [-0.05, 0) is 56.2 Å². The van der Waals surface area contributed by atoms with Crippen molar-refractivity contribution in [2.24, 2.45) is 0 Å². The van der Waals surface area contributed by atoms with Crippen LogP contribution in [-0.4, -0.2) is 23.1 Å². The summed E-state index contributed by atoms with van der Waals surface area (Å²) in [6.45, 7) is 5.71. The van der Waals surface area contributed by atoms with Gasteiger partial charge in [-0.2, -0.15) is 0 Å². The summed E-state index contributed by atoms with van der Waals surface area (Å²) in [7, 11) is 1.40. The lowest BCUT2D eigenvalue weighted by Gasteiger charge is -2.09. The van der Waals surface area contributed by atoms with Crippen molar-refractivity contribution < 1.29 is 23.7 Å². The van der Waals surface area contributed by atoms with Gasteiger partial charge in [0.25, 0.3) is 11.6 Å². The fourth-order valence-corrected chi connectivity index (χ4v) is 2.78. The number of hydrogen-bond acceptors (Lipinski definition) is 7. The van der Waals surface area contributed by atoms with E-state index in [1.807, 2.05) is 32.0 Å². The Morgan fingerprint density at radius 3 is 2.53 bits per heavy atom. The number of aryl methyl sites for hydroxylation is 3. The zero-order valence-corrected chi connectivity index (χ0v) is 17.0. The smallest absolute Gasteiger partial charge is 0.296 e. The van der Waals surface area contributed by atoms with Crippen molar-refractivity contribution in [3.8, 4) is 11.5 Å². The molecule has 0 saturated heterocycles. The number of ether oxygens (including phenoxy) is 2. The molecule has 0 aliphatic carbocycles. The van der Waals surface area contributed by atoms with Gasteiger partial charge in [0, 0.05) is 0 Å². The van der Waals surface area contributed by atoms with Crippen molar-refractivity contribution >= 4 is 17.3 Å². The molecule has 0 aliphatic rings. The second-order valence-electron chi connectivity index (χ2n) is 6.69. The first kappa shape index (κ1) is 20.8. The van der Waals surface area contributed by atoms with Crippen LogP contribution in [0.5, 0.6) is 11.5 Å². The Kier molecular flexibility index (Phi) is 6.01. The number of nitrogens with one attached hydrogen (secondary N) is 1. The highest BCUT2D eigenvalue weighted by Gasteiger charge is 2.24. The molecule has 9 heteroatoms. The van der Waals surface area contributed by atoms with E-state index in [1.54, 1.807) is 6.92 Å². The third-order valence-electron chi connectivity index (χ3n) is 4.71. The van der Waals surface area contributed by atoms with Crippen molar-refractivity contribution in [2.75, 3.05) is 12.4 Å². The molecule has 1 aromatic heterocycles. The molecule has 1 N–H and O–H groups in total. The highest BCUT2D eigenvalue weighted by molar-refractivity contribution is 6.05. The Labute approximate surface area is 172 Å². The molecule has 0 fully saturated rings. The second kappa shape index (κ2) is 8.64. The molecule has 156 valence electrons. The van der Waals surface area contributed by atoms with Gasteiger partial charge < -0.3 is 19.3 Å². The molecule has 0 saturated carbocycles. The zero-order chi connectivity index (χ0) is 21.8. The summed E-state index contributed by atoms with van der Waals surface area (Å²) in [4.78, 5) is 23.5. The van der Waals surface area contributed by atoms with Gasteiger partial charge in [-0.25, -0.2) is 0 Å². The molecule has 1 amide bonds. The van der Waals surface area contributed by atoms with Crippen LogP contribution in [0.1, 0.15) is 32.9 Å². The van der Waals surface area contributed by atoms with E-state index in [4.69, 9.17) is 14.0 Å². The summed E-state index contributed by atoms with van der Waals surface area (Å²) in [5.74, 6) is 0.738. The summed E-state index contributed by atoms with van der Waals surface area (Å²) >= 11 is 0. The van der Waals surface area contributed by atoms with E-state index in [0.29, 0.717) is 22.8 Å². The molecule has 0 atom stereocenters. The van der Waals surface area contributed by atoms with E-state index < -0.39 is 10.8 Å².